The van der Waals surface area contributed by atoms with Crippen LogP contribution in [0.2, 0.25) is 0 Å². The topological polar surface area (TPSA) is 21.3 Å². The molecule has 17 heavy (non-hydrogen) atoms. The smallest absolute Gasteiger partial charge is 0.119 e. The molecule has 0 aromatic heterocycles. The molecule has 0 aliphatic heterocycles. The molecule has 0 atom stereocenters. The first-order chi connectivity index (χ1) is 8.29. The van der Waals surface area contributed by atoms with Crippen LogP contribution in [0.1, 0.15) is 11.1 Å². The first kappa shape index (κ1) is 11.5. The standard InChI is InChI=1S/C15H17NO/c1-12-8-9-15(17-2)10-13(12)11-16-14-6-4-3-5-7-14/h3-10,16H,11H2,1-2H3. The van der Waals surface area contributed by atoms with Gasteiger partial charge in [0, 0.05) is 12.2 Å². The maximum Gasteiger partial charge on any atom is 0.119 e. The van der Waals surface area contributed by atoms with Crippen molar-refractivity contribution in [1.82, 2.24) is 0 Å². The maximum absolute atomic E-state index is 5.23. The molecule has 2 rings (SSSR count). The summed E-state index contributed by atoms with van der Waals surface area (Å²) in [5, 5.41) is 3.40. The van der Waals surface area contributed by atoms with Crippen molar-refractivity contribution in [2.45, 2.75) is 13.5 Å². The number of aryl methyl sites for hydroxylation is 1. The van der Waals surface area contributed by atoms with Crippen LogP contribution in [0, 0.1) is 6.92 Å². The van der Waals surface area contributed by atoms with Crippen LogP contribution < -0.4 is 10.1 Å². The normalized spacial score (nSPS) is 10.0. The molecule has 88 valence electrons. The summed E-state index contributed by atoms with van der Waals surface area (Å²) in [6.07, 6.45) is 0. The van der Waals surface area contributed by atoms with Crippen molar-refractivity contribution in [3.05, 3.63) is 59.7 Å². The summed E-state index contributed by atoms with van der Waals surface area (Å²) in [5.41, 5.74) is 3.66. The number of anilines is 1. The molecule has 0 aliphatic carbocycles. The van der Waals surface area contributed by atoms with E-state index >= 15 is 0 Å². The van der Waals surface area contributed by atoms with Crippen molar-refractivity contribution < 1.29 is 4.74 Å². The van der Waals surface area contributed by atoms with E-state index in [0.717, 1.165) is 18.0 Å². The molecule has 1 N–H and O–H groups in total. The predicted octanol–water partition coefficient (Wildman–Crippen LogP) is 3.62. The first-order valence-corrected chi connectivity index (χ1v) is 5.72. The van der Waals surface area contributed by atoms with Crippen LogP contribution in [0.3, 0.4) is 0 Å². The van der Waals surface area contributed by atoms with Crippen molar-refractivity contribution in [3.63, 3.8) is 0 Å². The Bertz CT molecular complexity index is 480. The van der Waals surface area contributed by atoms with E-state index in [1.54, 1.807) is 7.11 Å². The van der Waals surface area contributed by atoms with Crippen LogP contribution in [-0.2, 0) is 6.54 Å². The van der Waals surface area contributed by atoms with Gasteiger partial charge >= 0.3 is 0 Å². The fourth-order valence-corrected chi connectivity index (χ4v) is 1.72. The molecule has 0 spiro atoms. The highest BCUT2D eigenvalue weighted by Crippen LogP contribution is 2.18. The molecule has 2 nitrogen and oxygen atoms in total. The van der Waals surface area contributed by atoms with E-state index in [-0.39, 0.29) is 0 Å². The minimum Gasteiger partial charge on any atom is -0.497 e. The fourth-order valence-electron chi connectivity index (χ4n) is 1.72. The minimum atomic E-state index is 0.813. The lowest BCUT2D eigenvalue weighted by atomic mass is 10.1. The fraction of sp³-hybridized carbons (Fsp3) is 0.200. The van der Waals surface area contributed by atoms with Crippen LogP contribution in [0.15, 0.2) is 48.5 Å². The van der Waals surface area contributed by atoms with Crippen molar-refractivity contribution in [3.8, 4) is 5.75 Å². The first-order valence-electron chi connectivity index (χ1n) is 5.72. The number of hydrogen-bond acceptors (Lipinski definition) is 2. The Labute approximate surface area is 102 Å². The SMILES string of the molecule is COc1ccc(C)c(CNc2ccccc2)c1. The van der Waals surface area contributed by atoms with Crippen LogP contribution >= 0.6 is 0 Å². The zero-order valence-electron chi connectivity index (χ0n) is 10.2. The van der Waals surface area contributed by atoms with Gasteiger partial charge in [-0.25, -0.2) is 0 Å². The zero-order chi connectivity index (χ0) is 12.1. The van der Waals surface area contributed by atoms with Crippen molar-refractivity contribution in [2.75, 3.05) is 12.4 Å². The molecule has 2 aromatic rings. The van der Waals surface area contributed by atoms with Gasteiger partial charge in [0.2, 0.25) is 0 Å². The van der Waals surface area contributed by atoms with Gasteiger partial charge in [-0.15, -0.1) is 0 Å². The molecular formula is C15H17NO. The molecule has 0 saturated heterocycles. The van der Waals surface area contributed by atoms with Gasteiger partial charge in [-0.05, 0) is 42.3 Å². The van der Waals surface area contributed by atoms with E-state index in [1.807, 2.05) is 24.3 Å². The molecule has 0 heterocycles. The van der Waals surface area contributed by atoms with Gasteiger partial charge in [-0.3, -0.25) is 0 Å². The van der Waals surface area contributed by atoms with Gasteiger partial charge in [0.15, 0.2) is 0 Å². The second-order valence-corrected chi connectivity index (χ2v) is 4.01. The van der Waals surface area contributed by atoms with Gasteiger partial charge < -0.3 is 10.1 Å². The molecule has 0 aliphatic rings. The van der Waals surface area contributed by atoms with E-state index < -0.39 is 0 Å². The van der Waals surface area contributed by atoms with E-state index in [0.29, 0.717) is 0 Å². The highest BCUT2D eigenvalue weighted by molar-refractivity contribution is 5.44. The third-order valence-corrected chi connectivity index (χ3v) is 2.81. The van der Waals surface area contributed by atoms with Crippen LogP contribution in [0.5, 0.6) is 5.75 Å². The second-order valence-electron chi connectivity index (χ2n) is 4.01. The Balaban J connectivity index is 2.08. The highest BCUT2D eigenvalue weighted by Gasteiger charge is 2.00. The van der Waals surface area contributed by atoms with Crippen molar-refractivity contribution in [1.29, 1.82) is 0 Å². The van der Waals surface area contributed by atoms with E-state index in [1.165, 1.54) is 11.1 Å². The van der Waals surface area contributed by atoms with Crippen LogP contribution in [0.4, 0.5) is 5.69 Å². The number of rotatable bonds is 4. The van der Waals surface area contributed by atoms with Gasteiger partial charge in [0.05, 0.1) is 7.11 Å². The summed E-state index contributed by atoms with van der Waals surface area (Å²) in [5.74, 6) is 0.903. The number of hydrogen-bond donors (Lipinski definition) is 1. The third kappa shape index (κ3) is 3.00. The lowest BCUT2D eigenvalue weighted by molar-refractivity contribution is 0.414. The third-order valence-electron chi connectivity index (χ3n) is 2.81. The summed E-state index contributed by atoms with van der Waals surface area (Å²) in [7, 11) is 1.69. The lowest BCUT2D eigenvalue weighted by Crippen LogP contribution is -2.01. The molecule has 0 saturated carbocycles. The van der Waals surface area contributed by atoms with Crippen molar-refractivity contribution >= 4 is 5.69 Å². The average molecular weight is 227 g/mol. The molecule has 2 aromatic carbocycles. The monoisotopic (exact) mass is 227 g/mol. The number of methoxy groups -OCH3 is 1. The number of benzene rings is 2. The summed E-state index contributed by atoms with van der Waals surface area (Å²) in [6, 6.07) is 16.3. The van der Waals surface area contributed by atoms with Crippen molar-refractivity contribution in [2.24, 2.45) is 0 Å². The second kappa shape index (κ2) is 5.39. The highest BCUT2D eigenvalue weighted by atomic mass is 16.5. The lowest BCUT2D eigenvalue weighted by Gasteiger charge is -2.10. The zero-order valence-corrected chi connectivity index (χ0v) is 10.2. The summed E-state index contributed by atoms with van der Waals surface area (Å²) in [4.78, 5) is 0. The van der Waals surface area contributed by atoms with Crippen LogP contribution in [-0.4, -0.2) is 7.11 Å². The molecule has 0 radical (unpaired) electrons. The van der Waals surface area contributed by atoms with Gasteiger partial charge in [-0.2, -0.15) is 0 Å². The molecule has 0 amide bonds. The number of para-hydroxylation sites is 1. The Hall–Kier alpha value is -1.96. The molecule has 0 fully saturated rings. The number of nitrogens with one attached hydrogen (secondary N) is 1. The molecule has 0 bridgehead atoms. The average Bonchev–Trinajstić information content (AvgIpc) is 2.39. The van der Waals surface area contributed by atoms with E-state index in [2.05, 4.69) is 36.5 Å². The predicted molar refractivity (Wildman–Crippen MR) is 71.5 cm³/mol. The quantitative estimate of drug-likeness (QED) is 0.861. The van der Waals surface area contributed by atoms with Gasteiger partial charge in [0.25, 0.3) is 0 Å². The Morgan fingerprint density at radius 2 is 1.82 bits per heavy atom. The molecule has 0 unspecified atom stereocenters. The van der Waals surface area contributed by atoms with Gasteiger partial charge in [0.1, 0.15) is 5.75 Å². The minimum absolute atomic E-state index is 0.813. The van der Waals surface area contributed by atoms with E-state index in [4.69, 9.17) is 4.74 Å². The Kier molecular flexibility index (Phi) is 3.66. The largest absolute Gasteiger partial charge is 0.497 e. The summed E-state index contributed by atoms with van der Waals surface area (Å²) < 4.78 is 5.23. The molecular weight excluding hydrogens is 210 g/mol. The van der Waals surface area contributed by atoms with Gasteiger partial charge in [-0.1, -0.05) is 24.3 Å². The van der Waals surface area contributed by atoms with E-state index in [9.17, 15) is 0 Å². The Morgan fingerprint density at radius 3 is 2.53 bits per heavy atom. The summed E-state index contributed by atoms with van der Waals surface area (Å²) >= 11 is 0. The maximum atomic E-state index is 5.23. The Morgan fingerprint density at radius 1 is 1.06 bits per heavy atom. The van der Waals surface area contributed by atoms with Crippen LogP contribution in [0.25, 0.3) is 0 Å². The molecule has 2 heteroatoms. The summed E-state index contributed by atoms with van der Waals surface area (Å²) in [6.45, 7) is 2.93. The number of ether oxygens (including phenoxy) is 1.